The van der Waals surface area contributed by atoms with Crippen LogP contribution in [0.2, 0.25) is 5.02 Å². The molecule has 0 aromatic heterocycles. The number of carbonyl (C=O) groups excluding carboxylic acids is 4. The van der Waals surface area contributed by atoms with E-state index in [1.165, 1.54) is 0 Å². The molecule has 116 valence electrons. The Balaban J connectivity index is 2.11. The van der Waals surface area contributed by atoms with Crippen molar-refractivity contribution in [1.82, 2.24) is 9.80 Å². The fourth-order valence-electron chi connectivity index (χ4n) is 1.94. The highest BCUT2D eigenvalue weighted by molar-refractivity contribution is 6.44. The second-order valence-corrected chi connectivity index (χ2v) is 4.93. The molecule has 0 aliphatic carbocycles. The van der Waals surface area contributed by atoms with E-state index >= 15 is 0 Å². The first kappa shape index (κ1) is 16.0. The summed E-state index contributed by atoms with van der Waals surface area (Å²) < 4.78 is 4.67. The Morgan fingerprint density at radius 3 is 2.27 bits per heavy atom. The number of imide groups is 2. The van der Waals surface area contributed by atoms with Gasteiger partial charge in [0.2, 0.25) is 0 Å². The summed E-state index contributed by atoms with van der Waals surface area (Å²) in [6.07, 6.45) is 0. The number of ether oxygens (including phenoxy) is 1. The van der Waals surface area contributed by atoms with Gasteiger partial charge in [0.1, 0.15) is 6.54 Å². The number of esters is 1. The molecule has 1 saturated heterocycles. The van der Waals surface area contributed by atoms with E-state index in [0.717, 1.165) is 4.90 Å². The summed E-state index contributed by atoms with van der Waals surface area (Å²) in [5.74, 6) is -2.75. The van der Waals surface area contributed by atoms with Crippen LogP contribution in [0.3, 0.4) is 0 Å². The van der Waals surface area contributed by atoms with E-state index in [9.17, 15) is 19.2 Å². The van der Waals surface area contributed by atoms with Gasteiger partial charge in [0.25, 0.3) is 0 Å². The predicted molar refractivity (Wildman–Crippen MR) is 75.7 cm³/mol. The predicted octanol–water partition coefficient (Wildman–Crippen LogP) is 1.19. The van der Waals surface area contributed by atoms with Crippen LogP contribution >= 0.6 is 11.6 Å². The van der Waals surface area contributed by atoms with Gasteiger partial charge >= 0.3 is 23.8 Å². The molecule has 1 heterocycles. The number of carbonyl (C=O) groups is 4. The lowest BCUT2D eigenvalue weighted by atomic mass is 10.2. The van der Waals surface area contributed by atoms with Gasteiger partial charge < -0.3 is 4.74 Å². The van der Waals surface area contributed by atoms with Crippen LogP contribution in [0, 0.1) is 0 Å². The number of nitrogens with zero attached hydrogens (tertiary/aromatic N) is 2. The van der Waals surface area contributed by atoms with Crippen LogP contribution < -0.4 is 0 Å². The van der Waals surface area contributed by atoms with Crippen molar-refractivity contribution in [2.45, 2.75) is 13.5 Å². The van der Waals surface area contributed by atoms with Gasteiger partial charge in [-0.25, -0.2) is 9.69 Å². The Bertz CT molecular complexity index is 629. The van der Waals surface area contributed by atoms with Crippen LogP contribution in [0.25, 0.3) is 0 Å². The zero-order valence-corrected chi connectivity index (χ0v) is 12.5. The number of urea groups is 1. The Labute approximate surface area is 131 Å². The minimum atomic E-state index is -1.04. The van der Waals surface area contributed by atoms with Gasteiger partial charge in [-0.1, -0.05) is 23.7 Å². The van der Waals surface area contributed by atoms with Crippen molar-refractivity contribution in [1.29, 1.82) is 0 Å². The molecule has 7 nitrogen and oxygen atoms in total. The van der Waals surface area contributed by atoms with Crippen LogP contribution in [-0.2, 0) is 25.7 Å². The quantitative estimate of drug-likeness (QED) is 0.461. The van der Waals surface area contributed by atoms with Gasteiger partial charge in [0.15, 0.2) is 0 Å². The fraction of sp³-hybridized carbons (Fsp3) is 0.286. The highest BCUT2D eigenvalue weighted by Crippen LogP contribution is 2.17. The van der Waals surface area contributed by atoms with Gasteiger partial charge in [0.05, 0.1) is 13.2 Å². The van der Waals surface area contributed by atoms with Crippen molar-refractivity contribution >= 4 is 35.4 Å². The Hall–Kier alpha value is -2.41. The second-order valence-electron chi connectivity index (χ2n) is 4.50. The molecule has 0 radical (unpaired) electrons. The molecule has 1 aliphatic rings. The number of rotatable bonds is 5. The molecule has 0 saturated carbocycles. The first-order chi connectivity index (χ1) is 10.4. The third-order valence-corrected chi connectivity index (χ3v) is 3.23. The Morgan fingerprint density at radius 1 is 1.09 bits per heavy atom. The van der Waals surface area contributed by atoms with Crippen molar-refractivity contribution in [3.05, 3.63) is 34.9 Å². The monoisotopic (exact) mass is 324 g/mol. The summed E-state index contributed by atoms with van der Waals surface area (Å²) in [5.41, 5.74) is 0.636. The number of benzene rings is 1. The number of hydrogen-bond acceptors (Lipinski definition) is 5. The summed E-state index contributed by atoms with van der Waals surface area (Å²) >= 11 is 5.76. The normalized spacial score (nSPS) is 14.7. The lowest BCUT2D eigenvalue weighted by Crippen LogP contribution is -2.37. The van der Waals surface area contributed by atoms with Crippen molar-refractivity contribution < 1.29 is 23.9 Å². The number of hydrogen-bond donors (Lipinski definition) is 0. The highest BCUT2D eigenvalue weighted by Gasteiger charge is 2.45. The van der Waals surface area contributed by atoms with Gasteiger partial charge in [-0.15, -0.1) is 0 Å². The smallest absolute Gasteiger partial charge is 0.335 e. The maximum absolute atomic E-state index is 12.1. The van der Waals surface area contributed by atoms with E-state index in [1.807, 2.05) is 0 Å². The average molecular weight is 325 g/mol. The molecular formula is C14H13ClN2O5. The van der Waals surface area contributed by atoms with E-state index in [0.29, 0.717) is 15.5 Å². The largest absolute Gasteiger partial charge is 0.465 e. The second kappa shape index (κ2) is 6.57. The lowest BCUT2D eigenvalue weighted by Gasteiger charge is -2.15. The molecule has 0 spiro atoms. The van der Waals surface area contributed by atoms with E-state index < -0.39 is 30.4 Å². The molecule has 1 fully saturated rings. The summed E-state index contributed by atoms with van der Waals surface area (Å²) in [6.45, 7) is 1.08. The molecule has 2 rings (SSSR count). The zero-order valence-electron chi connectivity index (χ0n) is 11.7. The van der Waals surface area contributed by atoms with Crippen LogP contribution in [0.5, 0.6) is 0 Å². The minimum Gasteiger partial charge on any atom is -0.465 e. The summed E-state index contributed by atoms with van der Waals surface area (Å²) in [4.78, 5) is 48.5. The van der Waals surface area contributed by atoms with Crippen LogP contribution in [0.1, 0.15) is 12.5 Å². The van der Waals surface area contributed by atoms with Crippen LogP contribution in [0.15, 0.2) is 24.3 Å². The maximum Gasteiger partial charge on any atom is 0.335 e. The molecule has 22 heavy (non-hydrogen) atoms. The van der Waals surface area contributed by atoms with Crippen molar-refractivity contribution in [3.8, 4) is 0 Å². The number of amides is 4. The van der Waals surface area contributed by atoms with E-state index in [4.69, 9.17) is 11.6 Å². The minimum absolute atomic E-state index is 0.0695. The highest BCUT2D eigenvalue weighted by atomic mass is 35.5. The van der Waals surface area contributed by atoms with Gasteiger partial charge in [-0.05, 0) is 24.6 Å². The molecule has 0 atom stereocenters. The molecule has 0 N–H and O–H groups in total. The van der Waals surface area contributed by atoms with Crippen LogP contribution in [-0.4, -0.2) is 46.8 Å². The lowest BCUT2D eigenvalue weighted by molar-refractivity contribution is -0.148. The van der Waals surface area contributed by atoms with Gasteiger partial charge in [-0.3, -0.25) is 19.3 Å². The number of halogens is 1. The molecule has 1 aliphatic heterocycles. The molecule has 0 bridgehead atoms. The third-order valence-electron chi connectivity index (χ3n) is 2.98. The van der Waals surface area contributed by atoms with Crippen molar-refractivity contribution in [2.75, 3.05) is 13.2 Å². The van der Waals surface area contributed by atoms with E-state index in [-0.39, 0.29) is 13.2 Å². The van der Waals surface area contributed by atoms with Gasteiger partial charge in [-0.2, -0.15) is 0 Å². The Kier molecular flexibility index (Phi) is 4.77. The molecular weight excluding hydrogens is 312 g/mol. The van der Waals surface area contributed by atoms with Crippen LogP contribution in [0.4, 0.5) is 4.79 Å². The van der Waals surface area contributed by atoms with Crippen molar-refractivity contribution in [2.24, 2.45) is 0 Å². The summed E-state index contributed by atoms with van der Waals surface area (Å²) in [7, 11) is 0. The molecule has 1 aromatic carbocycles. The van der Waals surface area contributed by atoms with E-state index in [1.54, 1.807) is 31.2 Å². The first-order valence-electron chi connectivity index (χ1n) is 6.51. The van der Waals surface area contributed by atoms with E-state index in [2.05, 4.69) is 4.74 Å². The first-order valence-corrected chi connectivity index (χ1v) is 6.89. The summed E-state index contributed by atoms with van der Waals surface area (Å²) in [6, 6.07) is 5.67. The fourth-order valence-corrected chi connectivity index (χ4v) is 2.06. The third kappa shape index (κ3) is 3.25. The molecule has 0 unspecified atom stereocenters. The standard InChI is InChI=1S/C14H13ClN2O5/c1-2-22-11(18)8-17-13(20)12(19)16(14(17)21)7-9-3-5-10(15)6-4-9/h3-6H,2,7-8H2,1H3. The maximum atomic E-state index is 12.1. The average Bonchev–Trinajstić information content (AvgIpc) is 2.67. The molecule has 8 heteroatoms. The SMILES string of the molecule is CCOC(=O)CN1C(=O)C(=O)N(Cc2ccc(Cl)cc2)C1=O. The molecule has 4 amide bonds. The zero-order chi connectivity index (χ0) is 16.3. The molecule has 1 aromatic rings. The Morgan fingerprint density at radius 2 is 1.68 bits per heavy atom. The van der Waals surface area contributed by atoms with Crippen molar-refractivity contribution in [3.63, 3.8) is 0 Å². The van der Waals surface area contributed by atoms with Gasteiger partial charge in [0, 0.05) is 5.02 Å². The summed E-state index contributed by atoms with van der Waals surface area (Å²) in [5, 5.41) is 0.517. The topological polar surface area (TPSA) is 84.0 Å².